The van der Waals surface area contributed by atoms with Crippen LogP contribution in [0.3, 0.4) is 0 Å². The largest absolute Gasteiger partial charge is 0.372 e. The van der Waals surface area contributed by atoms with Gasteiger partial charge < -0.3 is 9.64 Å². The third-order valence-corrected chi connectivity index (χ3v) is 3.03. The highest BCUT2D eigenvalue weighted by Crippen LogP contribution is 2.21. The number of carbonyl (C=O) groups excluding carboxylic acids is 1. The Morgan fingerprint density at radius 2 is 2.22 bits per heavy atom. The van der Waals surface area contributed by atoms with Gasteiger partial charge in [0.05, 0.1) is 19.8 Å². The molecule has 0 saturated carbocycles. The van der Waals surface area contributed by atoms with E-state index in [1.807, 2.05) is 25.1 Å². The monoisotopic (exact) mass is 243 g/mol. The number of amides is 1. The van der Waals surface area contributed by atoms with Crippen molar-refractivity contribution in [1.82, 2.24) is 4.90 Å². The van der Waals surface area contributed by atoms with E-state index in [9.17, 15) is 4.79 Å². The van der Waals surface area contributed by atoms with Crippen LogP contribution >= 0.6 is 0 Å². The normalized spacial score (nSPS) is 12.9. The lowest BCUT2D eigenvalue weighted by Gasteiger charge is -2.19. The van der Waals surface area contributed by atoms with Gasteiger partial charge >= 0.3 is 0 Å². The smallest absolute Gasteiger partial charge is 0.254 e. The molecule has 0 radical (unpaired) electrons. The topological polar surface area (TPSA) is 29.5 Å². The first-order chi connectivity index (χ1) is 8.76. The molecular weight excluding hydrogens is 226 g/mol. The third-order valence-electron chi connectivity index (χ3n) is 3.03. The lowest BCUT2D eigenvalue weighted by atomic mass is 10.1. The average molecular weight is 243 g/mol. The van der Waals surface area contributed by atoms with Crippen molar-refractivity contribution in [1.29, 1.82) is 0 Å². The van der Waals surface area contributed by atoms with E-state index in [-0.39, 0.29) is 5.91 Å². The van der Waals surface area contributed by atoms with E-state index in [1.54, 1.807) is 4.90 Å². The molecule has 94 valence electrons. The Hall–Kier alpha value is -1.79. The van der Waals surface area contributed by atoms with Crippen LogP contribution in [0.25, 0.3) is 0 Å². The first-order valence-electron chi connectivity index (χ1n) is 6.18. The van der Waals surface area contributed by atoms with Crippen molar-refractivity contribution < 1.29 is 9.53 Å². The zero-order valence-corrected chi connectivity index (χ0v) is 10.6. The maximum Gasteiger partial charge on any atom is 0.254 e. The van der Waals surface area contributed by atoms with Gasteiger partial charge in [-0.2, -0.15) is 0 Å². The molecule has 2 rings (SSSR count). The summed E-state index contributed by atoms with van der Waals surface area (Å²) < 4.78 is 5.35. The molecule has 0 fully saturated rings. The van der Waals surface area contributed by atoms with Crippen LogP contribution in [0.2, 0.25) is 0 Å². The Morgan fingerprint density at radius 1 is 1.44 bits per heavy atom. The number of ether oxygens (including phenoxy) is 1. The summed E-state index contributed by atoms with van der Waals surface area (Å²) in [5, 5.41) is 0. The highest BCUT2D eigenvalue weighted by atomic mass is 16.5. The number of benzene rings is 1. The van der Waals surface area contributed by atoms with Gasteiger partial charge in [-0.05, 0) is 29.7 Å². The second-order valence-corrected chi connectivity index (χ2v) is 4.41. The zero-order valence-electron chi connectivity index (χ0n) is 10.6. The van der Waals surface area contributed by atoms with Crippen LogP contribution in [0.4, 0.5) is 0 Å². The number of hydrogen-bond acceptors (Lipinski definition) is 2. The van der Waals surface area contributed by atoms with E-state index in [1.165, 1.54) is 5.56 Å². The molecule has 1 aliphatic heterocycles. The predicted molar refractivity (Wildman–Crippen MR) is 70.0 cm³/mol. The summed E-state index contributed by atoms with van der Waals surface area (Å²) >= 11 is 0. The zero-order chi connectivity index (χ0) is 13.0. The van der Waals surface area contributed by atoms with Crippen molar-refractivity contribution in [3.05, 3.63) is 34.9 Å². The molecule has 0 N–H and O–H groups in total. The van der Waals surface area contributed by atoms with Crippen molar-refractivity contribution in [2.75, 3.05) is 13.1 Å². The molecule has 0 aliphatic carbocycles. The van der Waals surface area contributed by atoms with Crippen LogP contribution in [0.1, 0.15) is 34.8 Å². The second-order valence-electron chi connectivity index (χ2n) is 4.41. The predicted octanol–water partition coefficient (Wildman–Crippen LogP) is 2.20. The fraction of sp³-hybridized carbons (Fsp3) is 0.400. The van der Waals surface area contributed by atoms with Gasteiger partial charge in [0.1, 0.15) is 0 Å². The average Bonchev–Trinajstić information content (AvgIpc) is 2.84. The van der Waals surface area contributed by atoms with Crippen LogP contribution in [0.5, 0.6) is 0 Å². The summed E-state index contributed by atoms with van der Waals surface area (Å²) in [5.74, 6) is 2.54. The van der Waals surface area contributed by atoms with E-state index in [2.05, 4.69) is 5.92 Å². The first-order valence-corrected chi connectivity index (χ1v) is 6.18. The molecular formula is C15H17NO2. The van der Waals surface area contributed by atoms with Crippen LogP contribution in [-0.4, -0.2) is 23.9 Å². The molecule has 18 heavy (non-hydrogen) atoms. The summed E-state index contributed by atoms with van der Waals surface area (Å²) in [4.78, 5) is 14.0. The molecule has 3 nitrogen and oxygen atoms in total. The minimum absolute atomic E-state index is 0.00417. The molecule has 0 spiro atoms. The van der Waals surface area contributed by atoms with Crippen molar-refractivity contribution in [2.24, 2.45) is 0 Å². The summed E-state index contributed by atoms with van der Waals surface area (Å²) in [5.41, 5.74) is 2.98. The second kappa shape index (κ2) is 5.70. The lowest BCUT2D eigenvalue weighted by Crippen LogP contribution is -2.32. The molecule has 0 saturated heterocycles. The first kappa shape index (κ1) is 12.7. The fourth-order valence-electron chi connectivity index (χ4n) is 2.12. The Balaban J connectivity index is 2.19. The molecule has 1 heterocycles. The van der Waals surface area contributed by atoms with Crippen LogP contribution < -0.4 is 0 Å². The summed E-state index contributed by atoms with van der Waals surface area (Å²) in [6, 6.07) is 5.74. The van der Waals surface area contributed by atoms with Crippen molar-refractivity contribution in [3.63, 3.8) is 0 Å². The van der Waals surface area contributed by atoms with Crippen molar-refractivity contribution in [3.8, 4) is 12.3 Å². The molecule has 1 aromatic carbocycles. The lowest BCUT2D eigenvalue weighted by molar-refractivity contribution is 0.0776. The highest BCUT2D eigenvalue weighted by molar-refractivity contribution is 5.94. The third kappa shape index (κ3) is 2.55. The number of terminal acetylenes is 1. The van der Waals surface area contributed by atoms with Gasteiger partial charge in [0.25, 0.3) is 5.91 Å². The number of rotatable bonds is 4. The van der Waals surface area contributed by atoms with Gasteiger partial charge in [0.2, 0.25) is 0 Å². The molecule has 0 atom stereocenters. The number of fused-ring (bicyclic) bond motifs is 1. The SMILES string of the molecule is C#CCN(CCC)C(=O)c1ccc2c(c1)COC2. The molecule has 1 aromatic rings. The van der Waals surface area contributed by atoms with E-state index in [0.717, 1.165) is 12.0 Å². The molecule has 1 amide bonds. The molecule has 1 aliphatic rings. The standard InChI is InChI=1S/C15H17NO2/c1-3-7-16(8-4-2)15(17)12-5-6-13-10-18-11-14(13)9-12/h1,5-6,9H,4,7-8,10-11H2,2H3. The summed E-state index contributed by atoms with van der Waals surface area (Å²) in [6.45, 7) is 4.33. The summed E-state index contributed by atoms with van der Waals surface area (Å²) in [6.07, 6.45) is 6.21. The molecule has 3 heteroatoms. The number of nitrogens with zero attached hydrogens (tertiary/aromatic N) is 1. The minimum atomic E-state index is 0.00417. The van der Waals surface area contributed by atoms with Gasteiger partial charge in [0.15, 0.2) is 0 Å². The van der Waals surface area contributed by atoms with E-state index in [0.29, 0.717) is 31.9 Å². The highest BCUT2D eigenvalue weighted by Gasteiger charge is 2.17. The van der Waals surface area contributed by atoms with E-state index in [4.69, 9.17) is 11.2 Å². The Kier molecular flexibility index (Phi) is 4.01. The molecule has 0 bridgehead atoms. The minimum Gasteiger partial charge on any atom is -0.372 e. The Morgan fingerprint density at radius 3 is 2.94 bits per heavy atom. The van der Waals surface area contributed by atoms with Gasteiger partial charge in [-0.3, -0.25) is 4.79 Å². The number of carbonyl (C=O) groups is 1. The fourth-order valence-corrected chi connectivity index (χ4v) is 2.12. The Labute approximate surface area is 108 Å². The molecule has 0 aromatic heterocycles. The van der Waals surface area contributed by atoms with Gasteiger partial charge in [-0.25, -0.2) is 0 Å². The number of hydrogen-bond donors (Lipinski definition) is 0. The summed E-state index contributed by atoms with van der Waals surface area (Å²) in [7, 11) is 0. The quantitative estimate of drug-likeness (QED) is 0.759. The van der Waals surface area contributed by atoms with E-state index >= 15 is 0 Å². The maximum atomic E-state index is 12.3. The van der Waals surface area contributed by atoms with Gasteiger partial charge in [-0.1, -0.05) is 18.9 Å². The van der Waals surface area contributed by atoms with Crippen LogP contribution in [0, 0.1) is 12.3 Å². The van der Waals surface area contributed by atoms with E-state index < -0.39 is 0 Å². The maximum absolute atomic E-state index is 12.3. The Bertz CT molecular complexity index is 488. The van der Waals surface area contributed by atoms with Crippen LogP contribution in [-0.2, 0) is 18.0 Å². The van der Waals surface area contributed by atoms with Crippen molar-refractivity contribution in [2.45, 2.75) is 26.6 Å². The molecule has 0 unspecified atom stereocenters. The van der Waals surface area contributed by atoms with Crippen LogP contribution in [0.15, 0.2) is 18.2 Å². The van der Waals surface area contributed by atoms with Gasteiger partial charge in [-0.15, -0.1) is 6.42 Å². The van der Waals surface area contributed by atoms with Gasteiger partial charge in [0, 0.05) is 12.1 Å². The van der Waals surface area contributed by atoms with Crippen molar-refractivity contribution >= 4 is 5.91 Å².